The molecule has 1 fully saturated rings. The highest BCUT2D eigenvalue weighted by Crippen LogP contribution is 2.41. The number of thioether (sulfide) groups is 1. The first-order valence-corrected chi connectivity index (χ1v) is 10.8. The number of nitrogens with one attached hydrogen (secondary N) is 3. The van der Waals surface area contributed by atoms with Crippen molar-refractivity contribution in [2.45, 2.75) is 30.1 Å². The Labute approximate surface area is 171 Å². The Morgan fingerprint density at radius 2 is 2.10 bits per heavy atom. The van der Waals surface area contributed by atoms with E-state index in [0.29, 0.717) is 11.9 Å². The lowest BCUT2D eigenvalue weighted by molar-refractivity contribution is 0.750. The number of fused-ring (bicyclic) bond motifs is 2. The summed E-state index contributed by atoms with van der Waals surface area (Å²) in [5.74, 6) is 4.00. The molecule has 0 atom stereocenters. The molecule has 9 heteroatoms. The van der Waals surface area contributed by atoms with Crippen LogP contribution in [-0.4, -0.2) is 35.7 Å². The molecule has 0 amide bonds. The highest BCUT2D eigenvalue weighted by atomic mass is 32.2. The van der Waals surface area contributed by atoms with Crippen molar-refractivity contribution in [1.82, 2.24) is 29.9 Å². The van der Waals surface area contributed by atoms with Crippen LogP contribution in [0.1, 0.15) is 30.1 Å². The molecule has 4 aromatic rings. The summed E-state index contributed by atoms with van der Waals surface area (Å²) >= 11 is 1.80. The minimum absolute atomic E-state index is 0.600. The maximum Gasteiger partial charge on any atom is 0.230 e. The predicted octanol–water partition coefficient (Wildman–Crippen LogP) is 4.10. The molecule has 0 unspecified atom stereocenters. The van der Waals surface area contributed by atoms with E-state index in [1.54, 1.807) is 11.8 Å². The molecule has 1 saturated carbocycles. The van der Waals surface area contributed by atoms with Crippen LogP contribution < -0.4 is 10.6 Å². The molecule has 4 heterocycles. The fourth-order valence-electron chi connectivity index (χ4n) is 3.67. The quantitative estimate of drug-likeness (QED) is 0.461. The zero-order valence-electron chi connectivity index (χ0n) is 15.9. The summed E-state index contributed by atoms with van der Waals surface area (Å²) in [6, 6.07) is 8.24. The molecule has 0 bridgehead atoms. The zero-order valence-corrected chi connectivity index (χ0v) is 16.8. The van der Waals surface area contributed by atoms with E-state index in [9.17, 15) is 0 Å². The SMILES string of the molecule is Cn1nc(C2CC2)cc1Nc1nc2c(c(Nc3ccc4[nH]ncc4c3)n1)SCC2. The molecule has 1 aliphatic heterocycles. The van der Waals surface area contributed by atoms with Gasteiger partial charge in [0.1, 0.15) is 11.6 Å². The van der Waals surface area contributed by atoms with E-state index in [4.69, 9.17) is 9.97 Å². The molecule has 1 aliphatic carbocycles. The lowest BCUT2D eigenvalue weighted by Crippen LogP contribution is -2.07. The summed E-state index contributed by atoms with van der Waals surface area (Å²) in [4.78, 5) is 10.7. The fourth-order valence-corrected chi connectivity index (χ4v) is 4.71. The number of aromatic amines is 1. The minimum atomic E-state index is 0.600. The number of benzene rings is 1. The molecular weight excluding hydrogens is 384 g/mol. The van der Waals surface area contributed by atoms with E-state index in [2.05, 4.69) is 38.1 Å². The van der Waals surface area contributed by atoms with E-state index >= 15 is 0 Å². The Hall–Kier alpha value is -3.07. The van der Waals surface area contributed by atoms with Gasteiger partial charge in [0, 0.05) is 42.3 Å². The van der Waals surface area contributed by atoms with Gasteiger partial charge in [0.15, 0.2) is 0 Å². The summed E-state index contributed by atoms with van der Waals surface area (Å²) in [6.07, 6.45) is 5.24. The molecule has 0 spiro atoms. The third kappa shape index (κ3) is 3.11. The third-order valence-corrected chi connectivity index (χ3v) is 6.48. The van der Waals surface area contributed by atoms with Crippen molar-refractivity contribution in [3.8, 4) is 0 Å². The second kappa shape index (κ2) is 6.48. The van der Waals surface area contributed by atoms with Gasteiger partial charge in [0.05, 0.1) is 28.0 Å². The van der Waals surface area contributed by atoms with Crippen molar-refractivity contribution >= 4 is 45.9 Å². The number of anilines is 4. The van der Waals surface area contributed by atoms with E-state index < -0.39 is 0 Å². The Balaban J connectivity index is 1.33. The van der Waals surface area contributed by atoms with Gasteiger partial charge in [-0.05, 0) is 31.0 Å². The average Bonchev–Trinajstić information content (AvgIpc) is 3.09. The van der Waals surface area contributed by atoms with Gasteiger partial charge in [-0.2, -0.15) is 15.2 Å². The molecule has 146 valence electrons. The van der Waals surface area contributed by atoms with Crippen molar-refractivity contribution in [3.63, 3.8) is 0 Å². The van der Waals surface area contributed by atoms with Crippen LogP contribution in [0.15, 0.2) is 35.4 Å². The summed E-state index contributed by atoms with van der Waals surface area (Å²) in [5.41, 5.74) is 4.24. The standard InChI is InChI=1S/C20H20N8S/c1-28-17(9-16(27-28)11-2-3-11)24-20-23-15-6-7-29-18(15)19(25-20)22-13-4-5-14-12(8-13)10-21-26-14/h4-5,8-11H,2-3,6-7H2,1H3,(H,21,26)(H2,22,23,24,25). The molecule has 29 heavy (non-hydrogen) atoms. The van der Waals surface area contributed by atoms with Gasteiger partial charge in [-0.25, -0.2) is 4.98 Å². The second-order valence-corrected chi connectivity index (χ2v) is 8.65. The van der Waals surface area contributed by atoms with Crippen LogP contribution in [-0.2, 0) is 13.5 Å². The van der Waals surface area contributed by atoms with Crippen LogP contribution in [0.25, 0.3) is 10.9 Å². The van der Waals surface area contributed by atoms with Gasteiger partial charge in [-0.3, -0.25) is 9.78 Å². The summed E-state index contributed by atoms with van der Waals surface area (Å²) in [6.45, 7) is 0. The zero-order chi connectivity index (χ0) is 19.4. The molecule has 8 nitrogen and oxygen atoms in total. The smallest absolute Gasteiger partial charge is 0.230 e. The summed E-state index contributed by atoms with van der Waals surface area (Å²) in [5, 5.41) is 19.6. The molecule has 6 rings (SSSR count). The number of nitrogens with zero attached hydrogens (tertiary/aromatic N) is 5. The van der Waals surface area contributed by atoms with Gasteiger partial charge >= 0.3 is 0 Å². The van der Waals surface area contributed by atoms with Crippen molar-refractivity contribution in [2.75, 3.05) is 16.4 Å². The van der Waals surface area contributed by atoms with Gasteiger partial charge in [0.25, 0.3) is 0 Å². The molecule has 3 aromatic heterocycles. The van der Waals surface area contributed by atoms with E-state index in [0.717, 1.165) is 56.7 Å². The Bertz CT molecular complexity index is 1220. The maximum absolute atomic E-state index is 4.79. The van der Waals surface area contributed by atoms with Crippen LogP contribution in [0.5, 0.6) is 0 Å². The number of hydrogen-bond acceptors (Lipinski definition) is 7. The number of rotatable bonds is 5. The van der Waals surface area contributed by atoms with Gasteiger partial charge in [-0.15, -0.1) is 11.8 Å². The van der Waals surface area contributed by atoms with E-state index in [1.807, 2.05) is 30.1 Å². The van der Waals surface area contributed by atoms with Crippen LogP contribution >= 0.6 is 11.8 Å². The number of aromatic nitrogens is 6. The Morgan fingerprint density at radius 1 is 1.17 bits per heavy atom. The molecule has 2 aliphatic rings. The third-order valence-electron chi connectivity index (χ3n) is 5.36. The largest absolute Gasteiger partial charge is 0.339 e. The van der Waals surface area contributed by atoms with Crippen LogP contribution in [0, 0.1) is 0 Å². The minimum Gasteiger partial charge on any atom is -0.339 e. The molecule has 3 N–H and O–H groups in total. The fraction of sp³-hybridized carbons (Fsp3) is 0.300. The lowest BCUT2D eigenvalue weighted by atomic mass is 10.2. The topological polar surface area (TPSA) is 96.3 Å². The predicted molar refractivity (Wildman–Crippen MR) is 114 cm³/mol. The maximum atomic E-state index is 4.79. The summed E-state index contributed by atoms with van der Waals surface area (Å²) < 4.78 is 1.87. The average molecular weight is 405 g/mol. The Morgan fingerprint density at radius 3 is 3.00 bits per heavy atom. The molecule has 1 aromatic carbocycles. The van der Waals surface area contributed by atoms with E-state index in [-0.39, 0.29) is 0 Å². The highest BCUT2D eigenvalue weighted by molar-refractivity contribution is 7.99. The molecule has 0 saturated heterocycles. The number of H-pyrrole nitrogens is 1. The van der Waals surface area contributed by atoms with Crippen molar-refractivity contribution in [2.24, 2.45) is 7.05 Å². The van der Waals surface area contributed by atoms with E-state index in [1.165, 1.54) is 12.8 Å². The first-order chi connectivity index (χ1) is 14.2. The number of hydrogen-bond donors (Lipinski definition) is 3. The summed E-state index contributed by atoms with van der Waals surface area (Å²) in [7, 11) is 1.96. The molecule has 0 radical (unpaired) electrons. The van der Waals surface area contributed by atoms with Gasteiger partial charge in [-0.1, -0.05) is 0 Å². The normalized spacial score (nSPS) is 15.6. The van der Waals surface area contributed by atoms with Crippen molar-refractivity contribution in [3.05, 3.63) is 41.9 Å². The van der Waals surface area contributed by atoms with Crippen LogP contribution in [0.4, 0.5) is 23.3 Å². The second-order valence-electron chi connectivity index (χ2n) is 7.54. The van der Waals surface area contributed by atoms with Gasteiger partial charge in [0.2, 0.25) is 5.95 Å². The lowest BCUT2D eigenvalue weighted by Gasteiger charge is -2.12. The van der Waals surface area contributed by atoms with Crippen molar-refractivity contribution in [1.29, 1.82) is 0 Å². The van der Waals surface area contributed by atoms with Crippen molar-refractivity contribution < 1.29 is 0 Å². The first kappa shape index (κ1) is 16.8. The van der Waals surface area contributed by atoms with Crippen LogP contribution in [0.3, 0.4) is 0 Å². The van der Waals surface area contributed by atoms with Crippen LogP contribution in [0.2, 0.25) is 0 Å². The van der Waals surface area contributed by atoms with Gasteiger partial charge < -0.3 is 10.6 Å². The molecular formula is C20H20N8S. The Kier molecular flexibility index (Phi) is 3.77. The first-order valence-electron chi connectivity index (χ1n) is 9.78. The monoisotopic (exact) mass is 404 g/mol. The highest BCUT2D eigenvalue weighted by Gasteiger charge is 2.27. The number of aryl methyl sites for hydroxylation is 2.